The Morgan fingerprint density at radius 2 is 2.25 bits per heavy atom. The highest BCUT2D eigenvalue weighted by Crippen LogP contribution is 2.33. The maximum absolute atomic E-state index is 9.65. The minimum atomic E-state index is 0.204. The third-order valence-corrected chi connectivity index (χ3v) is 4.40. The van der Waals surface area contributed by atoms with Gasteiger partial charge in [0.2, 0.25) is 0 Å². The van der Waals surface area contributed by atoms with Crippen LogP contribution < -0.4 is 10.2 Å². The van der Waals surface area contributed by atoms with Crippen molar-refractivity contribution in [2.75, 3.05) is 24.6 Å². The van der Waals surface area contributed by atoms with Gasteiger partial charge in [-0.25, -0.2) is 0 Å². The molecule has 1 fully saturated rings. The zero-order valence-electron chi connectivity index (χ0n) is 12.4. The van der Waals surface area contributed by atoms with Gasteiger partial charge in [0.25, 0.3) is 0 Å². The molecule has 1 aromatic carbocycles. The van der Waals surface area contributed by atoms with Gasteiger partial charge < -0.3 is 15.3 Å². The van der Waals surface area contributed by atoms with Crippen LogP contribution in [0.1, 0.15) is 32.3 Å². The molecule has 1 saturated heterocycles. The summed E-state index contributed by atoms with van der Waals surface area (Å²) in [6.07, 6.45) is 2.25. The fourth-order valence-electron chi connectivity index (χ4n) is 2.94. The number of hydrogen-bond donors (Lipinski definition) is 2. The van der Waals surface area contributed by atoms with Crippen molar-refractivity contribution >= 4 is 17.3 Å². The lowest BCUT2D eigenvalue weighted by molar-refractivity contribution is 0.244. The minimum Gasteiger partial charge on any atom is -0.394 e. The predicted octanol–water partition coefficient (Wildman–Crippen LogP) is 3.05. The van der Waals surface area contributed by atoms with E-state index in [4.69, 9.17) is 11.6 Å². The lowest BCUT2D eigenvalue weighted by Gasteiger charge is -2.29. The van der Waals surface area contributed by atoms with Gasteiger partial charge in [-0.1, -0.05) is 31.5 Å². The molecule has 2 unspecified atom stereocenters. The highest BCUT2D eigenvalue weighted by molar-refractivity contribution is 6.30. The molecule has 1 aliphatic rings. The van der Waals surface area contributed by atoms with E-state index in [2.05, 4.69) is 30.1 Å². The summed E-state index contributed by atoms with van der Waals surface area (Å²) in [5, 5.41) is 13.9. The number of anilines is 1. The first-order valence-electron chi connectivity index (χ1n) is 7.54. The first-order valence-corrected chi connectivity index (χ1v) is 7.91. The van der Waals surface area contributed by atoms with Gasteiger partial charge in [0, 0.05) is 23.8 Å². The Hall–Kier alpha value is -0.770. The maximum atomic E-state index is 9.65. The highest BCUT2D eigenvalue weighted by Gasteiger charge is 2.31. The molecule has 20 heavy (non-hydrogen) atoms. The summed E-state index contributed by atoms with van der Waals surface area (Å²) in [5.41, 5.74) is 2.43. The third-order valence-electron chi connectivity index (χ3n) is 4.17. The summed E-state index contributed by atoms with van der Waals surface area (Å²) < 4.78 is 0. The van der Waals surface area contributed by atoms with E-state index < -0.39 is 0 Å². The number of aliphatic hydroxyl groups excluding tert-OH is 1. The van der Waals surface area contributed by atoms with Gasteiger partial charge in [-0.3, -0.25) is 0 Å². The molecule has 112 valence electrons. The molecule has 1 heterocycles. The molecule has 2 N–H and O–H groups in total. The normalized spacial score (nSPS) is 22.5. The van der Waals surface area contributed by atoms with E-state index in [0.717, 1.165) is 37.5 Å². The Balaban J connectivity index is 2.22. The van der Waals surface area contributed by atoms with Crippen molar-refractivity contribution in [3.05, 3.63) is 28.8 Å². The van der Waals surface area contributed by atoms with Crippen LogP contribution in [0.4, 0.5) is 5.69 Å². The zero-order chi connectivity index (χ0) is 14.5. The Morgan fingerprint density at radius 3 is 2.95 bits per heavy atom. The number of nitrogens with one attached hydrogen (secondary N) is 1. The molecule has 0 aromatic heterocycles. The second-order valence-corrected chi connectivity index (χ2v) is 6.10. The SMILES string of the molecule is CCCNCc1ccc(Cl)cc1N1CCC(C)C1CO. The van der Waals surface area contributed by atoms with Crippen molar-refractivity contribution in [1.29, 1.82) is 0 Å². The molecule has 2 rings (SSSR count). The first kappa shape index (κ1) is 15.6. The third kappa shape index (κ3) is 3.46. The molecule has 0 saturated carbocycles. The van der Waals surface area contributed by atoms with Crippen molar-refractivity contribution in [3.8, 4) is 0 Å². The molecular weight excluding hydrogens is 272 g/mol. The quantitative estimate of drug-likeness (QED) is 0.792. The van der Waals surface area contributed by atoms with E-state index in [-0.39, 0.29) is 12.6 Å². The number of aliphatic hydroxyl groups is 1. The van der Waals surface area contributed by atoms with Gasteiger partial charge in [-0.15, -0.1) is 0 Å². The largest absolute Gasteiger partial charge is 0.394 e. The molecule has 3 nitrogen and oxygen atoms in total. The smallest absolute Gasteiger partial charge is 0.0637 e. The van der Waals surface area contributed by atoms with E-state index >= 15 is 0 Å². The summed E-state index contributed by atoms with van der Waals surface area (Å²) in [7, 11) is 0. The summed E-state index contributed by atoms with van der Waals surface area (Å²) >= 11 is 6.17. The molecule has 0 amide bonds. The lowest BCUT2D eigenvalue weighted by atomic mass is 10.0. The number of rotatable bonds is 6. The van der Waals surface area contributed by atoms with Crippen LogP contribution in [-0.4, -0.2) is 30.8 Å². The maximum Gasteiger partial charge on any atom is 0.0637 e. The first-order chi connectivity index (χ1) is 9.67. The van der Waals surface area contributed by atoms with Crippen LogP contribution in [0.25, 0.3) is 0 Å². The van der Waals surface area contributed by atoms with Crippen molar-refractivity contribution in [3.63, 3.8) is 0 Å². The second kappa shape index (κ2) is 7.30. The number of hydrogen-bond acceptors (Lipinski definition) is 3. The summed E-state index contributed by atoms with van der Waals surface area (Å²) in [6, 6.07) is 6.28. The fraction of sp³-hybridized carbons (Fsp3) is 0.625. The number of halogens is 1. The Morgan fingerprint density at radius 1 is 1.45 bits per heavy atom. The van der Waals surface area contributed by atoms with E-state index in [1.165, 1.54) is 11.3 Å². The fourth-order valence-corrected chi connectivity index (χ4v) is 3.11. The molecule has 0 spiro atoms. The molecule has 0 radical (unpaired) electrons. The molecular formula is C16H25ClN2O. The predicted molar refractivity (Wildman–Crippen MR) is 85.5 cm³/mol. The van der Waals surface area contributed by atoms with Crippen LogP contribution in [0.2, 0.25) is 5.02 Å². The average molecular weight is 297 g/mol. The van der Waals surface area contributed by atoms with Crippen LogP contribution in [0.5, 0.6) is 0 Å². The summed E-state index contributed by atoms with van der Waals surface area (Å²) in [4.78, 5) is 2.32. The Labute approximate surface area is 126 Å². The standard InChI is InChI=1S/C16H25ClN2O/c1-3-7-18-10-13-4-5-14(17)9-15(13)19-8-6-12(2)16(19)11-20/h4-5,9,12,16,18,20H,3,6-8,10-11H2,1-2H3. The van der Waals surface area contributed by atoms with Crippen molar-refractivity contribution in [2.45, 2.75) is 39.3 Å². The zero-order valence-corrected chi connectivity index (χ0v) is 13.2. The van der Waals surface area contributed by atoms with Gasteiger partial charge in [0.1, 0.15) is 0 Å². The molecule has 0 bridgehead atoms. The second-order valence-electron chi connectivity index (χ2n) is 5.66. The highest BCUT2D eigenvalue weighted by atomic mass is 35.5. The van der Waals surface area contributed by atoms with E-state index in [9.17, 15) is 5.11 Å². The van der Waals surface area contributed by atoms with Gasteiger partial charge in [-0.05, 0) is 43.0 Å². The summed E-state index contributed by atoms with van der Waals surface area (Å²) in [5.74, 6) is 0.524. The van der Waals surface area contributed by atoms with Gasteiger partial charge in [-0.2, -0.15) is 0 Å². The van der Waals surface area contributed by atoms with Crippen LogP contribution in [0.15, 0.2) is 18.2 Å². The average Bonchev–Trinajstić information content (AvgIpc) is 2.81. The van der Waals surface area contributed by atoms with E-state index in [1.807, 2.05) is 12.1 Å². The van der Waals surface area contributed by atoms with Crippen LogP contribution in [0, 0.1) is 5.92 Å². The molecule has 4 heteroatoms. The minimum absolute atomic E-state index is 0.204. The Bertz CT molecular complexity index is 438. The van der Waals surface area contributed by atoms with Crippen LogP contribution >= 0.6 is 11.6 Å². The van der Waals surface area contributed by atoms with Crippen molar-refractivity contribution in [2.24, 2.45) is 5.92 Å². The van der Waals surface area contributed by atoms with Crippen molar-refractivity contribution in [1.82, 2.24) is 5.32 Å². The lowest BCUT2D eigenvalue weighted by Crippen LogP contribution is -2.36. The number of benzene rings is 1. The van der Waals surface area contributed by atoms with Gasteiger partial charge >= 0.3 is 0 Å². The van der Waals surface area contributed by atoms with Crippen LogP contribution in [-0.2, 0) is 6.54 Å². The molecule has 0 aliphatic carbocycles. The van der Waals surface area contributed by atoms with Crippen molar-refractivity contribution < 1.29 is 5.11 Å². The molecule has 1 aliphatic heterocycles. The van der Waals surface area contributed by atoms with E-state index in [0.29, 0.717) is 5.92 Å². The van der Waals surface area contributed by atoms with E-state index in [1.54, 1.807) is 0 Å². The van der Waals surface area contributed by atoms with Gasteiger partial charge in [0.05, 0.1) is 12.6 Å². The van der Waals surface area contributed by atoms with Crippen LogP contribution in [0.3, 0.4) is 0 Å². The monoisotopic (exact) mass is 296 g/mol. The molecule has 1 aromatic rings. The van der Waals surface area contributed by atoms with Gasteiger partial charge in [0.15, 0.2) is 0 Å². The Kier molecular flexibility index (Phi) is 5.70. The topological polar surface area (TPSA) is 35.5 Å². The molecule has 2 atom stereocenters. The number of nitrogens with zero attached hydrogens (tertiary/aromatic N) is 1. The summed E-state index contributed by atoms with van der Waals surface area (Å²) in [6.45, 7) is 7.44.